The summed E-state index contributed by atoms with van der Waals surface area (Å²) in [5.41, 5.74) is 6.78. The van der Waals surface area contributed by atoms with Gasteiger partial charge in [-0.2, -0.15) is 0 Å². The van der Waals surface area contributed by atoms with Gasteiger partial charge in [-0.1, -0.05) is 18.2 Å². The Hall–Kier alpha value is -1.20. The van der Waals surface area contributed by atoms with Crippen LogP contribution in [-0.2, 0) is 13.8 Å². The fourth-order valence-electron chi connectivity index (χ4n) is 0.809. The van der Waals surface area contributed by atoms with Crippen molar-refractivity contribution in [2.45, 2.75) is 0 Å². The van der Waals surface area contributed by atoms with Crippen LogP contribution in [-0.4, -0.2) is 17.7 Å². The molecule has 2 N–H and O–H groups in total. The van der Waals surface area contributed by atoms with Crippen LogP contribution >= 0.6 is 7.75 Å². The molecule has 1 aromatic carbocycles. The lowest BCUT2D eigenvalue weighted by molar-refractivity contribution is 0.0124. The second-order valence-corrected chi connectivity index (χ2v) is 3.86. The van der Waals surface area contributed by atoms with E-state index in [1.165, 1.54) is 12.1 Å². The number of esters is 1. The van der Waals surface area contributed by atoms with E-state index < -0.39 is 20.5 Å². The Morgan fingerprint density at radius 1 is 1.40 bits per heavy atom. The minimum absolute atomic E-state index is 0.304. The fourth-order valence-corrected chi connectivity index (χ4v) is 1.00. The van der Waals surface area contributed by atoms with E-state index in [9.17, 15) is 9.36 Å². The van der Waals surface area contributed by atoms with Crippen LogP contribution in [0.5, 0.6) is 0 Å². The summed E-state index contributed by atoms with van der Waals surface area (Å²) in [6, 6.07) is 8.10. The molecule has 1 unspecified atom stereocenters. The molecule has 1 radical (unpaired) electrons. The minimum atomic E-state index is -4.34. The molecule has 1 aromatic rings. The molecule has 0 aliphatic rings. The summed E-state index contributed by atoms with van der Waals surface area (Å²) in [7, 11) is -4.34. The second kappa shape index (κ2) is 5.04. The lowest BCUT2D eigenvalue weighted by Crippen LogP contribution is -2.07. The number of hydrogen-bond donors (Lipinski definition) is 1. The van der Waals surface area contributed by atoms with Crippen molar-refractivity contribution >= 4 is 13.7 Å². The Morgan fingerprint density at radius 2 is 2.00 bits per heavy atom. The lowest BCUT2D eigenvalue weighted by Gasteiger charge is -2.06. The highest BCUT2D eigenvalue weighted by Crippen LogP contribution is 2.33. The number of ether oxygens (including phenoxy) is 1. The van der Waals surface area contributed by atoms with Crippen molar-refractivity contribution in [3.63, 3.8) is 0 Å². The molecule has 0 saturated heterocycles. The van der Waals surface area contributed by atoms with Gasteiger partial charge in [0, 0.05) is 0 Å². The van der Waals surface area contributed by atoms with Crippen LogP contribution in [0.1, 0.15) is 10.4 Å². The van der Waals surface area contributed by atoms with Crippen LogP contribution in [0, 0.1) is 0 Å². The van der Waals surface area contributed by atoms with E-state index in [2.05, 4.69) is 9.26 Å². The maximum Gasteiger partial charge on any atom is 0.419 e. The summed E-state index contributed by atoms with van der Waals surface area (Å²) in [6.07, 6.45) is 0. The number of rotatable bonds is 4. The Labute approximate surface area is 86.2 Å². The van der Waals surface area contributed by atoms with Gasteiger partial charge in [0.15, 0.2) is 0 Å². The Bertz CT molecular complexity index is 374. The van der Waals surface area contributed by atoms with Crippen LogP contribution in [0.15, 0.2) is 30.3 Å². The number of nitrogens with one attached hydrogen (secondary N) is 1. The highest BCUT2D eigenvalue weighted by atomic mass is 31.2. The molecular weight excluding hydrogens is 221 g/mol. The lowest BCUT2D eigenvalue weighted by atomic mass is 10.2. The Morgan fingerprint density at radius 3 is 2.53 bits per heavy atom. The average Bonchev–Trinajstić information content (AvgIpc) is 2.17. The molecule has 7 heteroatoms. The van der Waals surface area contributed by atoms with E-state index >= 15 is 0 Å². The first-order valence-corrected chi connectivity index (χ1v) is 5.51. The van der Waals surface area contributed by atoms with Gasteiger partial charge in [-0.15, -0.1) is 5.50 Å². The molecule has 0 bridgehead atoms. The van der Waals surface area contributed by atoms with Gasteiger partial charge >= 0.3 is 13.7 Å². The second-order valence-electron chi connectivity index (χ2n) is 2.57. The molecule has 0 aliphatic heterocycles. The van der Waals surface area contributed by atoms with Gasteiger partial charge in [0.25, 0.3) is 0 Å². The standard InChI is InChI=1S/C8H9NO5P/c9-15(11,12)14-6-13-8(10)7-4-2-1-3-5-7/h1-5,9H,6H2,(H,11,12). The summed E-state index contributed by atoms with van der Waals surface area (Å²) in [6.45, 7) is -0.717. The molecular formula is C8H9NO5P. The molecule has 6 nitrogen and oxygen atoms in total. The molecule has 0 fully saturated rings. The van der Waals surface area contributed by atoms with E-state index in [1.54, 1.807) is 18.2 Å². The van der Waals surface area contributed by atoms with Gasteiger partial charge in [0.1, 0.15) is 0 Å². The van der Waals surface area contributed by atoms with Crippen LogP contribution in [0.4, 0.5) is 0 Å². The van der Waals surface area contributed by atoms with Crippen LogP contribution < -0.4 is 5.50 Å². The number of hydrogen-bond acceptors (Lipinski definition) is 4. The van der Waals surface area contributed by atoms with Crippen molar-refractivity contribution in [2.24, 2.45) is 0 Å². The molecule has 0 spiro atoms. The van der Waals surface area contributed by atoms with Gasteiger partial charge in [0.2, 0.25) is 6.79 Å². The average molecular weight is 230 g/mol. The highest BCUT2D eigenvalue weighted by Gasteiger charge is 2.14. The first kappa shape index (κ1) is 11.9. The smallest absolute Gasteiger partial charge is 0.419 e. The van der Waals surface area contributed by atoms with E-state index in [0.717, 1.165) is 0 Å². The first-order valence-electron chi connectivity index (χ1n) is 3.94. The van der Waals surface area contributed by atoms with Crippen molar-refractivity contribution in [3.05, 3.63) is 35.9 Å². The van der Waals surface area contributed by atoms with Gasteiger partial charge in [-0.3, -0.25) is 4.52 Å². The number of benzene rings is 1. The van der Waals surface area contributed by atoms with Gasteiger partial charge in [-0.25, -0.2) is 9.36 Å². The molecule has 15 heavy (non-hydrogen) atoms. The molecule has 0 aliphatic carbocycles. The van der Waals surface area contributed by atoms with Crippen molar-refractivity contribution in [3.8, 4) is 0 Å². The van der Waals surface area contributed by atoms with Crippen molar-refractivity contribution in [2.75, 3.05) is 6.79 Å². The summed E-state index contributed by atoms with van der Waals surface area (Å²) in [5, 5.41) is 0. The predicted molar refractivity (Wildman–Crippen MR) is 50.7 cm³/mol. The third-order valence-corrected chi connectivity index (χ3v) is 1.88. The summed E-state index contributed by atoms with van der Waals surface area (Å²) in [5.74, 6) is -0.677. The van der Waals surface area contributed by atoms with Crippen LogP contribution in [0.3, 0.4) is 0 Å². The number of carbonyl (C=O) groups excluding carboxylic acids is 1. The van der Waals surface area contributed by atoms with Crippen molar-refractivity contribution < 1.29 is 23.5 Å². The molecule has 81 valence electrons. The zero-order valence-electron chi connectivity index (χ0n) is 7.62. The van der Waals surface area contributed by atoms with E-state index in [4.69, 9.17) is 10.4 Å². The Balaban J connectivity index is 2.41. The molecule has 0 amide bonds. The minimum Gasteiger partial charge on any atom is -0.434 e. The maximum absolute atomic E-state index is 11.2. The summed E-state index contributed by atoms with van der Waals surface area (Å²) >= 11 is 0. The van der Waals surface area contributed by atoms with E-state index in [0.29, 0.717) is 5.56 Å². The SMILES string of the molecule is [NH]P(=O)(O)OCOC(=O)c1ccccc1. The molecule has 1 rings (SSSR count). The zero-order valence-corrected chi connectivity index (χ0v) is 8.52. The normalized spacial score (nSPS) is 14.3. The van der Waals surface area contributed by atoms with Crippen molar-refractivity contribution in [1.82, 2.24) is 5.50 Å². The highest BCUT2D eigenvalue weighted by molar-refractivity contribution is 7.49. The van der Waals surface area contributed by atoms with Crippen LogP contribution in [0.25, 0.3) is 0 Å². The maximum atomic E-state index is 11.2. The third-order valence-electron chi connectivity index (χ3n) is 1.43. The Kier molecular flexibility index (Phi) is 3.99. The quantitative estimate of drug-likeness (QED) is 0.476. The van der Waals surface area contributed by atoms with Crippen molar-refractivity contribution in [1.29, 1.82) is 0 Å². The van der Waals surface area contributed by atoms with Crippen LogP contribution in [0.2, 0.25) is 0 Å². The van der Waals surface area contributed by atoms with Gasteiger partial charge in [0.05, 0.1) is 5.56 Å². The van der Waals surface area contributed by atoms with Gasteiger partial charge < -0.3 is 9.63 Å². The first-order chi connectivity index (χ1) is 6.99. The third kappa shape index (κ3) is 4.71. The molecule has 1 atom stereocenters. The fraction of sp³-hybridized carbons (Fsp3) is 0.125. The molecule has 0 aromatic heterocycles. The molecule has 0 saturated carbocycles. The van der Waals surface area contributed by atoms with Gasteiger partial charge in [-0.05, 0) is 12.1 Å². The summed E-state index contributed by atoms with van der Waals surface area (Å²) < 4.78 is 18.9. The topological polar surface area (TPSA) is 96.6 Å². The summed E-state index contributed by atoms with van der Waals surface area (Å²) in [4.78, 5) is 19.6. The molecule has 0 heterocycles. The van der Waals surface area contributed by atoms with E-state index in [1.807, 2.05) is 0 Å². The zero-order chi connectivity index (χ0) is 11.3. The number of carbonyl (C=O) groups is 1. The predicted octanol–water partition coefficient (Wildman–Crippen LogP) is 1.20. The largest absolute Gasteiger partial charge is 0.434 e. The van der Waals surface area contributed by atoms with E-state index in [-0.39, 0.29) is 0 Å². The monoisotopic (exact) mass is 230 g/mol.